The summed E-state index contributed by atoms with van der Waals surface area (Å²) in [5.74, 6) is 0.948. The molecule has 3 aliphatic carbocycles. The summed E-state index contributed by atoms with van der Waals surface area (Å²) in [6, 6.07) is 29.0. The Morgan fingerprint density at radius 1 is 0.485 bits per heavy atom. The average Bonchev–Trinajstić information content (AvgIpc) is 1.60. The van der Waals surface area contributed by atoms with Gasteiger partial charge in [0.2, 0.25) is 35.0 Å². The fourth-order valence-electron chi connectivity index (χ4n) is 11.9. The van der Waals surface area contributed by atoms with Gasteiger partial charge in [-0.1, -0.05) is 29.8 Å². The molecule has 3 aromatic carbocycles. The van der Waals surface area contributed by atoms with Gasteiger partial charge in [-0.05, 0) is 203 Å². The molecule has 3 fully saturated rings. The monoisotopic (exact) mass is 1460 g/mol. The lowest BCUT2D eigenvalue weighted by Crippen LogP contribution is -2.32. The smallest absolute Gasteiger partial charge is 0.481 e. The molecule has 3 aliphatic heterocycles. The maximum atomic E-state index is 13.4. The van der Waals surface area contributed by atoms with Crippen LogP contribution in [0.5, 0.6) is 46.3 Å². The molecule has 6 N–H and O–H groups in total. The van der Waals surface area contributed by atoms with Crippen molar-refractivity contribution in [2.45, 2.75) is 115 Å². The standard InChI is InChI=1S/C24H21F2N3O4.C23H19F2N3O4.C17H13ClF2N2O3.C7H10BNO3.ClH/c1-13-8-17(16-12-27-21(31-3)10-14(16)2)28-20(9-13)29-22(30)23(6-7-23)15-4-5-18-19(11-15)33-24(25,26)32-18;1-12-7-16(15-11-26-20(29)9-13(15)2)27-19(8-12)28-21(30)22(5-6-22)14-3-4-17-18(10-14)32-23(24,25)31-17;1-9-6-13(18)21-14(7-9)22-15(23)16(4-5-16)10-2-3-11-12(8-10)25-17(19,20)24-11;1-5-3-7(12-2)9-4-6(5)8(10)11;/h4-5,8-12H,6-7H2,1-3H3,(H,28,29,30);3-4,7-11H,5-6H2,1-2H3,(H,26,29)(H,27,28,30);2-3,6-8H,4-5H2,1H3,(H,21,22,23);3-4,10-11H,1-2H3;1H. The third-order valence-corrected chi connectivity index (χ3v) is 17.8. The molecular formula is C71H64BCl2F6N9O14. The maximum Gasteiger partial charge on any atom is 0.586 e. The molecule has 3 saturated carbocycles. The van der Waals surface area contributed by atoms with Crippen molar-refractivity contribution in [1.82, 2.24) is 29.9 Å². The molecule has 0 bridgehead atoms. The predicted octanol–water partition coefficient (Wildman–Crippen LogP) is 12.3. The number of hydrogen-bond donors (Lipinski definition) is 6. The third kappa shape index (κ3) is 16.2. The number of ether oxygens (including phenoxy) is 8. The Morgan fingerprint density at radius 2 is 0.845 bits per heavy atom. The summed E-state index contributed by atoms with van der Waals surface area (Å²) in [5.41, 5.74) is 7.52. The molecule has 9 heterocycles. The number of benzene rings is 3. The molecule has 0 radical (unpaired) electrons. The largest absolute Gasteiger partial charge is 0.586 e. The minimum absolute atomic E-state index is 0. The molecule has 6 aliphatic rings. The van der Waals surface area contributed by atoms with Crippen LogP contribution < -0.4 is 64.9 Å². The van der Waals surface area contributed by atoms with Gasteiger partial charge in [0, 0.05) is 53.4 Å². The fourth-order valence-corrected chi connectivity index (χ4v) is 12.1. The van der Waals surface area contributed by atoms with Gasteiger partial charge in [-0.2, -0.15) is 0 Å². The number of carbonyl (C=O) groups excluding carboxylic acids is 3. The van der Waals surface area contributed by atoms with Crippen molar-refractivity contribution >= 4 is 71.8 Å². The second kappa shape index (κ2) is 28.3. The highest BCUT2D eigenvalue weighted by molar-refractivity contribution is 6.59. The number of rotatable bonds is 14. The first-order valence-electron chi connectivity index (χ1n) is 31.6. The van der Waals surface area contributed by atoms with E-state index in [0.717, 1.165) is 44.5 Å². The van der Waals surface area contributed by atoms with E-state index in [9.17, 15) is 45.5 Å². The fraction of sp³-hybridized carbons (Fsp3) is 0.282. The zero-order valence-electron chi connectivity index (χ0n) is 56.0. The van der Waals surface area contributed by atoms with Gasteiger partial charge in [-0.25, -0.2) is 24.9 Å². The Morgan fingerprint density at radius 3 is 1.20 bits per heavy atom. The lowest BCUT2D eigenvalue weighted by Gasteiger charge is -2.17. The molecule has 0 spiro atoms. The lowest BCUT2D eigenvalue weighted by molar-refractivity contribution is -0.287. The molecule has 6 aromatic heterocycles. The van der Waals surface area contributed by atoms with E-state index >= 15 is 0 Å². The first kappa shape index (κ1) is 73.5. The van der Waals surface area contributed by atoms with Crippen molar-refractivity contribution in [3.63, 3.8) is 0 Å². The highest BCUT2D eigenvalue weighted by Crippen LogP contribution is 2.55. The van der Waals surface area contributed by atoms with Crippen molar-refractivity contribution < 1.29 is 88.7 Å². The molecular weight excluding hydrogens is 1400 g/mol. The minimum Gasteiger partial charge on any atom is -0.481 e. The van der Waals surface area contributed by atoms with Crippen molar-refractivity contribution in [3.8, 4) is 68.8 Å². The average molecular weight is 1460 g/mol. The number of nitrogens with one attached hydrogen (secondary N) is 4. The van der Waals surface area contributed by atoms with Gasteiger partial charge < -0.3 is 68.9 Å². The summed E-state index contributed by atoms with van der Waals surface area (Å²) in [6.07, 6.45) is -2.87. The third-order valence-electron chi connectivity index (χ3n) is 17.6. The van der Waals surface area contributed by atoms with Crippen LogP contribution in [0.2, 0.25) is 5.15 Å². The summed E-state index contributed by atoms with van der Waals surface area (Å²) in [4.78, 5) is 74.6. The van der Waals surface area contributed by atoms with Gasteiger partial charge in [0.05, 0.1) is 41.9 Å². The number of carbonyl (C=O) groups is 3. The zero-order valence-corrected chi connectivity index (χ0v) is 57.6. The number of amides is 3. The molecule has 536 valence electrons. The first-order valence-corrected chi connectivity index (χ1v) is 32.0. The van der Waals surface area contributed by atoms with Crippen molar-refractivity contribution in [1.29, 1.82) is 0 Å². The molecule has 0 unspecified atom stereocenters. The Bertz CT molecular complexity index is 4870. The van der Waals surface area contributed by atoms with Crippen LogP contribution in [0, 0.1) is 41.5 Å². The van der Waals surface area contributed by atoms with Crippen LogP contribution in [0.4, 0.5) is 43.8 Å². The van der Waals surface area contributed by atoms with Crippen molar-refractivity contribution in [3.05, 3.63) is 193 Å². The van der Waals surface area contributed by atoms with Crippen LogP contribution in [0.3, 0.4) is 0 Å². The highest BCUT2D eigenvalue weighted by atomic mass is 35.5. The Balaban J connectivity index is 0.000000144. The van der Waals surface area contributed by atoms with Gasteiger partial charge >= 0.3 is 26.0 Å². The number of halogens is 8. The van der Waals surface area contributed by atoms with Gasteiger partial charge in [-0.3, -0.25) is 19.2 Å². The van der Waals surface area contributed by atoms with Crippen LogP contribution in [-0.2, 0) is 30.6 Å². The highest BCUT2D eigenvalue weighted by Gasteiger charge is 2.56. The number of methoxy groups -OCH3 is 2. The van der Waals surface area contributed by atoms with E-state index in [0.29, 0.717) is 101 Å². The normalized spacial score (nSPS) is 16.4. The van der Waals surface area contributed by atoms with E-state index in [1.807, 2.05) is 52.8 Å². The van der Waals surface area contributed by atoms with E-state index in [4.69, 9.17) is 31.1 Å². The van der Waals surface area contributed by atoms with Crippen LogP contribution in [0.15, 0.2) is 133 Å². The number of aromatic amines is 1. The Labute approximate surface area is 595 Å². The minimum atomic E-state index is -3.71. The van der Waals surface area contributed by atoms with E-state index in [2.05, 4.69) is 74.3 Å². The summed E-state index contributed by atoms with van der Waals surface area (Å²) in [7, 11) is 1.60. The maximum absolute atomic E-state index is 13.4. The summed E-state index contributed by atoms with van der Waals surface area (Å²) >= 11 is 5.91. The molecule has 0 atom stereocenters. The topological polar surface area (TPSA) is 299 Å². The summed E-state index contributed by atoms with van der Waals surface area (Å²) in [6.45, 7) is 11.2. The number of alkyl halides is 6. The van der Waals surface area contributed by atoms with E-state index < -0.39 is 42.2 Å². The van der Waals surface area contributed by atoms with Crippen molar-refractivity contribution in [2.24, 2.45) is 0 Å². The van der Waals surface area contributed by atoms with E-state index in [1.54, 1.807) is 75.0 Å². The van der Waals surface area contributed by atoms with Crippen LogP contribution in [0.25, 0.3) is 22.5 Å². The first-order chi connectivity index (χ1) is 48.3. The predicted molar refractivity (Wildman–Crippen MR) is 366 cm³/mol. The number of fused-ring (bicyclic) bond motifs is 3. The number of pyridine rings is 6. The van der Waals surface area contributed by atoms with Crippen LogP contribution in [0.1, 0.15) is 88.6 Å². The molecule has 32 heteroatoms. The Hall–Kier alpha value is -10.7. The summed E-state index contributed by atoms with van der Waals surface area (Å²) < 4.78 is 117. The zero-order chi connectivity index (χ0) is 73.0. The molecule has 0 saturated heterocycles. The second-order valence-corrected chi connectivity index (χ2v) is 25.6. The molecule has 23 nitrogen and oxygen atoms in total. The number of H-pyrrole nitrogens is 1. The van der Waals surface area contributed by atoms with E-state index in [-0.39, 0.29) is 75.3 Å². The number of hydrogen-bond acceptors (Lipinski definition) is 19. The molecule has 9 aromatic rings. The SMILES string of the molecule is COc1cc(C)c(-c2cc(C)cc(NC(=O)C3(c4ccc5c(c4)OC(F)(F)O5)CC3)n2)cn1.COc1cc(C)c(B(O)O)cn1.Cc1cc(Cl)nc(NC(=O)C2(c3ccc4c(c3)OC(F)(F)O4)CC2)c1.Cc1cc(NC(=O)C2(c3ccc4c(c3)OC(F)(F)O4)CC2)nc(-c2c[nH]c(=O)cc2C)c1.Cl. The summed E-state index contributed by atoms with van der Waals surface area (Å²) in [5, 5.41) is 26.5. The molecule has 15 rings (SSSR count). The quantitative estimate of drug-likeness (QED) is 0.0335. The van der Waals surface area contributed by atoms with Crippen LogP contribution in [-0.4, -0.2) is 97.9 Å². The van der Waals surface area contributed by atoms with Crippen molar-refractivity contribution in [2.75, 3.05) is 30.2 Å². The van der Waals surface area contributed by atoms with E-state index in [1.165, 1.54) is 55.8 Å². The number of aromatic nitrogens is 6. The van der Waals surface area contributed by atoms with Gasteiger partial charge in [0.25, 0.3) is 0 Å². The number of nitrogens with zero attached hydrogens (tertiary/aromatic N) is 5. The Kier molecular flexibility index (Phi) is 20.2. The number of anilines is 3. The van der Waals surface area contributed by atoms with Crippen LogP contribution >= 0.6 is 24.0 Å². The van der Waals surface area contributed by atoms with Gasteiger partial charge in [0.1, 0.15) is 22.6 Å². The number of aryl methyl sites for hydroxylation is 6. The van der Waals surface area contributed by atoms with Gasteiger partial charge in [-0.15, -0.1) is 38.7 Å². The molecule has 3 amide bonds. The van der Waals surface area contributed by atoms with Gasteiger partial charge in [0.15, 0.2) is 34.5 Å². The second-order valence-electron chi connectivity index (χ2n) is 25.2. The molecule has 103 heavy (non-hydrogen) atoms. The lowest BCUT2D eigenvalue weighted by atomic mass is 9.79.